The highest BCUT2D eigenvalue weighted by Gasteiger charge is 2.76. The number of benzene rings is 6. The van der Waals surface area contributed by atoms with Gasteiger partial charge in [0.05, 0.1) is 59.7 Å². The molecule has 2 saturated heterocycles. The standard InChI is InChI=1S/C58H47N5O14S/c1-73-52(66)40(53(67)74-2)20-13-14-34-26-29-43-41(32-34)58(55(69)61(43)57(70)76-33-35-24-27-38(28-25-35)63(71)72)46(51(65)60-56-59-42-21-10-12-23-45(42)78-56)48-54(68)77-49(37-17-7-4-8-18-37)47(36-15-5-3-6-16-36)62(48)50(58)39-19-9-11-22-44(39)75-31-30-64/h3-12,15-19,21-29,32,40,46-50,64H,20,30-31,33H2,1-2H3,(H,59,60,65)/t46-,47-,48-,49+,50+,58-/m1/s1. The molecular formula is C58H47N5O14S. The number of amides is 3. The number of morpholine rings is 1. The van der Waals surface area contributed by atoms with Crippen LogP contribution < -0.4 is 15.0 Å². The van der Waals surface area contributed by atoms with Crippen molar-refractivity contribution in [2.75, 3.05) is 37.7 Å². The largest absolute Gasteiger partial charge is 0.491 e. The number of aromatic nitrogens is 1. The summed E-state index contributed by atoms with van der Waals surface area (Å²) in [5.41, 5.74) is 0.0346. The Morgan fingerprint density at radius 2 is 1.51 bits per heavy atom. The highest BCUT2D eigenvalue weighted by atomic mass is 32.1. The van der Waals surface area contributed by atoms with Gasteiger partial charge < -0.3 is 34.1 Å². The van der Waals surface area contributed by atoms with Gasteiger partial charge in [-0.25, -0.2) is 14.7 Å². The third-order valence-electron chi connectivity index (χ3n) is 14.0. The number of methoxy groups -OCH3 is 2. The molecule has 0 aliphatic carbocycles. The number of ether oxygens (including phenoxy) is 5. The summed E-state index contributed by atoms with van der Waals surface area (Å²) in [6, 6.07) is 37.8. The number of aliphatic hydroxyl groups excluding tert-OH is 1. The third-order valence-corrected chi connectivity index (χ3v) is 15.0. The quantitative estimate of drug-likeness (QED) is 0.0262. The first-order valence-corrected chi connectivity index (χ1v) is 25.3. The van der Waals surface area contributed by atoms with Crippen LogP contribution in [0, 0.1) is 33.8 Å². The van der Waals surface area contributed by atoms with E-state index in [-0.39, 0.29) is 52.0 Å². The number of nitro groups is 1. The van der Waals surface area contributed by atoms with E-state index in [4.69, 9.17) is 28.7 Å². The van der Waals surface area contributed by atoms with Gasteiger partial charge >= 0.3 is 24.0 Å². The van der Waals surface area contributed by atoms with E-state index in [2.05, 4.69) is 17.2 Å². The maximum absolute atomic E-state index is 16.8. The first-order valence-electron chi connectivity index (χ1n) is 24.5. The number of imide groups is 1. The molecule has 78 heavy (non-hydrogen) atoms. The van der Waals surface area contributed by atoms with E-state index in [1.807, 2.05) is 48.5 Å². The number of nitrogens with one attached hydrogen (secondary N) is 1. The molecule has 19 nitrogen and oxygen atoms in total. The molecule has 7 aromatic rings. The SMILES string of the molecule is COC(=O)C(CC#Cc1ccc2c(c1)[C@]1(C(=O)N2C(=O)OCc2ccc([N+](=O)[O-])cc2)[C@H](c2ccccc2OCCO)N2[C@H](c3ccccc3)[C@H](c3ccccc3)OC(=O)[C@H]2[C@@H]1C(=O)Nc1nc2ccccc2s1)C(=O)OC. The summed E-state index contributed by atoms with van der Waals surface area (Å²) in [5.74, 6) is -1.69. The number of aliphatic hydroxyl groups is 1. The van der Waals surface area contributed by atoms with Crippen molar-refractivity contribution in [1.82, 2.24) is 9.88 Å². The van der Waals surface area contributed by atoms with Crippen molar-refractivity contribution in [3.63, 3.8) is 0 Å². The van der Waals surface area contributed by atoms with Gasteiger partial charge in [0.25, 0.3) is 5.69 Å². The number of cyclic esters (lactones) is 1. The Bertz CT molecular complexity index is 3500. The molecule has 6 aromatic carbocycles. The normalized spacial score (nSPS) is 20.3. The Morgan fingerprint density at radius 1 is 0.846 bits per heavy atom. The lowest BCUT2D eigenvalue weighted by molar-refractivity contribution is -0.384. The van der Waals surface area contributed by atoms with Crippen molar-refractivity contribution < 1.29 is 62.5 Å². The van der Waals surface area contributed by atoms with Crippen LogP contribution in [0.4, 0.5) is 21.3 Å². The topological polar surface area (TPSA) is 243 Å². The lowest BCUT2D eigenvalue weighted by atomic mass is 9.65. The second-order valence-electron chi connectivity index (χ2n) is 18.3. The predicted octanol–water partition coefficient (Wildman–Crippen LogP) is 7.92. The number of nitro benzene ring substituents is 1. The van der Waals surface area contributed by atoms with E-state index in [0.717, 1.165) is 35.2 Å². The van der Waals surface area contributed by atoms with Gasteiger partial charge in [-0.3, -0.25) is 39.0 Å². The molecule has 2 fully saturated rings. The average molecular weight is 1070 g/mol. The number of hydrogen-bond donors (Lipinski definition) is 2. The molecule has 2 N–H and O–H groups in total. The summed E-state index contributed by atoms with van der Waals surface area (Å²) in [6.07, 6.45) is -2.62. The molecule has 1 spiro atoms. The predicted molar refractivity (Wildman–Crippen MR) is 281 cm³/mol. The number of thiazole rings is 1. The van der Waals surface area contributed by atoms with Gasteiger partial charge in [0, 0.05) is 29.7 Å². The van der Waals surface area contributed by atoms with Gasteiger partial charge in [-0.2, -0.15) is 0 Å². The molecular weight excluding hydrogens is 1020 g/mol. The number of hydrogen-bond acceptors (Lipinski definition) is 17. The zero-order valence-electron chi connectivity index (χ0n) is 41.7. The van der Waals surface area contributed by atoms with Crippen molar-refractivity contribution in [1.29, 1.82) is 0 Å². The first-order chi connectivity index (χ1) is 37.9. The van der Waals surface area contributed by atoms with Crippen molar-refractivity contribution in [3.8, 4) is 17.6 Å². The van der Waals surface area contributed by atoms with Crippen molar-refractivity contribution in [2.45, 2.75) is 42.7 Å². The van der Waals surface area contributed by atoms with E-state index in [0.29, 0.717) is 22.2 Å². The molecule has 1 aromatic heterocycles. The Kier molecular flexibility index (Phi) is 14.8. The molecule has 20 heteroatoms. The number of fused-ring (bicyclic) bond motifs is 4. The highest BCUT2D eigenvalue weighted by molar-refractivity contribution is 7.22. The Balaban J connectivity index is 1.25. The van der Waals surface area contributed by atoms with Gasteiger partial charge in [-0.05, 0) is 70.8 Å². The van der Waals surface area contributed by atoms with Crippen molar-refractivity contribution in [3.05, 3.63) is 195 Å². The molecule has 0 saturated carbocycles. The molecule has 3 amide bonds. The van der Waals surface area contributed by atoms with E-state index < -0.39 is 95.4 Å². The number of rotatable bonds is 14. The molecule has 0 unspecified atom stereocenters. The summed E-state index contributed by atoms with van der Waals surface area (Å²) in [5, 5.41) is 24.8. The second kappa shape index (κ2) is 22.1. The zero-order valence-corrected chi connectivity index (χ0v) is 42.5. The van der Waals surface area contributed by atoms with Crippen LogP contribution in [0.5, 0.6) is 5.75 Å². The zero-order chi connectivity index (χ0) is 54.7. The fraction of sp³-hybridized carbons (Fsp3) is 0.224. The third kappa shape index (κ3) is 9.44. The van der Waals surface area contributed by atoms with Gasteiger partial charge in [-0.15, -0.1) is 0 Å². The van der Waals surface area contributed by atoms with Crippen molar-refractivity contribution in [2.24, 2.45) is 11.8 Å². The van der Waals surface area contributed by atoms with Crippen LogP contribution in [-0.2, 0) is 54.9 Å². The number of non-ortho nitro benzene ring substituents is 1. The summed E-state index contributed by atoms with van der Waals surface area (Å²) in [4.78, 5) is 107. The minimum atomic E-state index is -2.35. The number of esters is 3. The lowest BCUT2D eigenvalue weighted by Gasteiger charge is -2.46. The smallest absolute Gasteiger partial charge is 0.421 e. The van der Waals surface area contributed by atoms with Crippen LogP contribution in [0.25, 0.3) is 10.2 Å². The fourth-order valence-electron chi connectivity index (χ4n) is 10.8. The maximum atomic E-state index is 16.8. The van der Waals surface area contributed by atoms with Gasteiger partial charge in [0.1, 0.15) is 36.5 Å². The van der Waals surface area contributed by atoms with Crippen LogP contribution in [-0.4, -0.2) is 89.2 Å². The summed E-state index contributed by atoms with van der Waals surface area (Å²) in [6.45, 7) is -1.07. The van der Waals surface area contributed by atoms with Gasteiger partial charge in [0.2, 0.25) is 11.8 Å². The molecule has 4 heterocycles. The first kappa shape index (κ1) is 52.2. The molecule has 6 atom stereocenters. The van der Waals surface area contributed by atoms with Crippen molar-refractivity contribution >= 4 is 73.9 Å². The van der Waals surface area contributed by atoms with Crippen LogP contribution in [0.3, 0.4) is 0 Å². The monoisotopic (exact) mass is 1070 g/mol. The summed E-state index contributed by atoms with van der Waals surface area (Å²) >= 11 is 1.16. The van der Waals surface area contributed by atoms with Crippen LogP contribution in [0.15, 0.2) is 152 Å². The van der Waals surface area contributed by atoms with E-state index >= 15 is 19.2 Å². The summed E-state index contributed by atoms with van der Waals surface area (Å²) in [7, 11) is 2.24. The molecule has 3 aliphatic rings. The molecule has 0 bridgehead atoms. The number of para-hydroxylation sites is 2. The second-order valence-corrected chi connectivity index (χ2v) is 19.3. The number of carbonyl (C=O) groups excluding carboxylic acids is 6. The minimum Gasteiger partial charge on any atom is -0.491 e. The molecule has 3 aliphatic heterocycles. The fourth-order valence-corrected chi connectivity index (χ4v) is 11.6. The van der Waals surface area contributed by atoms with Gasteiger partial charge in [-0.1, -0.05) is 114 Å². The van der Waals surface area contributed by atoms with Crippen LogP contribution in [0.1, 0.15) is 58.0 Å². The Labute approximate surface area is 449 Å². The number of carbonyl (C=O) groups is 6. The van der Waals surface area contributed by atoms with Crippen LogP contribution in [0.2, 0.25) is 0 Å². The van der Waals surface area contributed by atoms with E-state index in [1.54, 1.807) is 65.6 Å². The number of anilines is 2. The van der Waals surface area contributed by atoms with E-state index in [9.17, 15) is 24.8 Å². The Morgan fingerprint density at radius 3 is 2.19 bits per heavy atom. The maximum Gasteiger partial charge on any atom is 0.421 e. The lowest BCUT2D eigenvalue weighted by Crippen LogP contribution is -2.54. The minimum absolute atomic E-state index is 0.0424. The van der Waals surface area contributed by atoms with Gasteiger partial charge in [0.15, 0.2) is 11.0 Å². The van der Waals surface area contributed by atoms with E-state index in [1.165, 1.54) is 42.5 Å². The summed E-state index contributed by atoms with van der Waals surface area (Å²) < 4.78 is 29.2. The Hall–Kier alpha value is -9.29. The number of nitrogens with zero attached hydrogens (tertiary/aromatic N) is 4. The highest BCUT2D eigenvalue weighted by Crippen LogP contribution is 2.67. The molecule has 10 rings (SSSR count). The molecule has 0 radical (unpaired) electrons. The average Bonchev–Trinajstić information content (AvgIpc) is 4.31. The van der Waals surface area contributed by atoms with Crippen LogP contribution >= 0.6 is 11.3 Å². The molecule has 394 valence electrons.